The molecule has 0 bridgehead atoms. The van der Waals surface area contributed by atoms with Crippen LogP contribution in [-0.4, -0.2) is 13.3 Å². The zero-order chi connectivity index (χ0) is 13.8. The second kappa shape index (κ2) is 5.97. The first kappa shape index (κ1) is 13.7. The van der Waals surface area contributed by atoms with Gasteiger partial charge in [0, 0.05) is 29.3 Å². The SMILES string of the molecule is CN(Cc1ccccc1Br)c1ccc(F)cc1C=O. The van der Waals surface area contributed by atoms with Crippen molar-refractivity contribution in [3.05, 3.63) is 63.9 Å². The first-order valence-corrected chi connectivity index (χ1v) is 6.60. The number of aldehydes is 1. The van der Waals surface area contributed by atoms with Gasteiger partial charge in [-0.05, 0) is 29.8 Å². The van der Waals surface area contributed by atoms with E-state index in [-0.39, 0.29) is 0 Å². The van der Waals surface area contributed by atoms with E-state index >= 15 is 0 Å². The van der Waals surface area contributed by atoms with Gasteiger partial charge in [-0.15, -0.1) is 0 Å². The molecule has 0 radical (unpaired) electrons. The predicted octanol–water partition coefficient (Wildman–Crippen LogP) is 4.04. The van der Waals surface area contributed by atoms with Gasteiger partial charge in [0.05, 0.1) is 0 Å². The molecular weight excluding hydrogens is 309 g/mol. The molecule has 2 aromatic carbocycles. The molecule has 19 heavy (non-hydrogen) atoms. The van der Waals surface area contributed by atoms with Crippen molar-refractivity contribution in [3.8, 4) is 0 Å². The Balaban J connectivity index is 2.28. The molecule has 0 aromatic heterocycles. The highest BCUT2D eigenvalue weighted by Gasteiger charge is 2.10. The molecule has 0 unspecified atom stereocenters. The average molecular weight is 322 g/mol. The van der Waals surface area contributed by atoms with Crippen LogP contribution in [0.4, 0.5) is 10.1 Å². The fourth-order valence-corrected chi connectivity index (χ4v) is 2.34. The zero-order valence-corrected chi connectivity index (χ0v) is 12.0. The molecule has 0 aliphatic heterocycles. The van der Waals surface area contributed by atoms with Crippen molar-refractivity contribution in [1.82, 2.24) is 0 Å². The number of nitrogens with zero attached hydrogens (tertiary/aromatic N) is 1. The smallest absolute Gasteiger partial charge is 0.152 e. The minimum absolute atomic E-state index is 0.356. The molecular formula is C15H13BrFNO. The average Bonchev–Trinajstić information content (AvgIpc) is 2.41. The van der Waals surface area contributed by atoms with Gasteiger partial charge in [-0.3, -0.25) is 4.79 Å². The van der Waals surface area contributed by atoms with E-state index in [2.05, 4.69) is 15.9 Å². The van der Waals surface area contributed by atoms with E-state index in [0.717, 1.165) is 10.0 Å². The Morgan fingerprint density at radius 1 is 1.26 bits per heavy atom. The molecule has 0 atom stereocenters. The summed E-state index contributed by atoms with van der Waals surface area (Å²) in [6, 6.07) is 12.1. The highest BCUT2D eigenvalue weighted by atomic mass is 79.9. The maximum absolute atomic E-state index is 13.1. The van der Waals surface area contributed by atoms with Crippen LogP contribution in [0, 0.1) is 5.82 Å². The first-order chi connectivity index (χ1) is 9.11. The van der Waals surface area contributed by atoms with Crippen molar-refractivity contribution < 1.29 is 9.18 Å². The summed E-state index contributed by atoms with van der Waals surface area (Å²) in [4.78, 5) is 12.9. The van der Waals surface area contributed by atoms with Crippen LogP contribution in [0.5, 0.6) is 0 Å². The van der Waals surface area contributed by atoms with Gasteiger partial charge in [0.2, 0.25) is 0 Å². The van der Waals surface area contributed by atoms with E-state index in [0.29, 0.717) is 24.1 Å². The van der Waals surface area contributed by atoms with Gasteiger partial charge < -0.3 is 4.90 Å². The van der Waals surface area contributed by atoms with Crippen LogP contribution in [-0.2, 0) is 6.54 Å². The number of anilines is 1. The van der Waals surface area contributed by atoms with E-state index in [1.165, 1.54) is 12.1 Å². The molecule has 0 saturated carbocycles. The van der Waals surface area contributed by atoms with Gasteiger partial charge in [0.25, 0.3) is 0 Å². The van der Waals surface area contributed by atoms with Crippen LogP contribution >= 0.6 is 15.9 Å². The topological polar surface area (TPSA) is 20.3 Å². The number of carbonyl (C=O) groups excluding carboxylic acids is 1. The molecule has 2 nitrogen and oxygen atoms in total. The van der Waals surface area contributed by atoms with Crippen molar-refractivity contribution in [2.45, 2.75) is 6.54 Å². The second-order valence-electron chi connectivity index (χ2n) is 4.27. The third-order valence-corrected chi connectivity index (χ3v) is 3.67. The summed E-state index contributed by atoms with van der Waals surface area (Å²) < 4.78 is 14.1. The number of carbonyl (C=O) groups is 1. The van der Waals surface area contributed by atoms with Crippen LogP contribution < -0.4 is 4.90 Å². The molecule has 0 aliphatic rings. The molecule has 2 aromatic rings. The molecule has 0 fully saturated rings. The van der Waals surface area contributed by atoms with Crippen LogP contribution in [0.25, 0.3) is 0 Å². The van der Waals surface area contributed by atoms with E-state index in [4.69, 9.17) is 0 Å². The van der Waals surface area contributed by atoms with Crippen molar-refractivity contribution in [2.24, 2.45) is 0 Å². The van der Waals surface area contributed by atoms with Gasteiger partial charge in [-0.1, -0.05) is 34.1 Å². The van der Waals surface area contributed by atoms with Crippen LogP contribution in [0.1, 0.15) is 15.9 Å². The summed E-state index contributed by atoms with van der Waals surface area (Å²) in [7, 11) is 1.87. The number of halogens is 2. The number of hydrogen-bond donors (Lipinski definition) is 0. The summed E-state index contributed by atoms with van der Waals surface area (Å²) in [6.45, 7) is 0.633. The standard InChI is InChI=1S/C15H13BrFNO/c1-18(9-11-4-2-3-5-14(11)16)15-7-6-13(17)8-12(15)10-19/h2-8,10H,9H2,1H3. The largest absolute Gasteiger partial charge is 0.370 e. The van der Waals surface area contributed by atoms with E-state index in [1.807, 2.05) is 36.2 Å². The number of hydrogen-bond acceptors (Lipinski definition) is 2. The predicted molar refractivity (Wildman–Crippen MR) is 78.0 cm³/mol. The Bertz CT molecular complexity index is 600. The third kappa shape index (κ3) is 3.20. The molecule has 0 aliphatic carbocycles. The lowest BCUT2D eigenvalue weighted by Crippen LogP contribution is -2.18. The number of rotatable bonds is 4. The van der Waals surface area contributed by atoms with Gasteiger partial charge in [0.1, 0.15) is 5.82 Å². The van der Waals surface area contributed by atoms with E-state index in [9.17, 15) is 9.18 Å². The zero-order valence-electron chi connectivity index (χ0n) is 10.4. The monoisotopic (exact) mass is 321 g/mol. The molecule has 2 rings (SSSR count). The van der Waals surface area contributed by atoms with Crippen LogP contribution in [0.15, 0.2) is 46.9 Å². The molecule has 4 heteroatoms. The number of benzene rings is 2. The van der Waals surface area contributed by atoms with Gasteiger partial charge in [0.15, 0.2) is 6.29 Å². The second-order valence-corrected chi connectivity index (χ2v) is 5.12. The summed E-state index contributed by atoms with van der Waals surface area (Å²) in [5.41, 5.74) is 2.17. The summed E-state index contributed by atoms with van der Waals surface area (Å²) in [5.74, 6) is -0.403. The molecule has 0 heterocycles. The van der Waals surface area contributed by atoms with E-state index < -0.39 is 5.82 Å². The lowest BCUT2D eigenvalue weighted by atomic mass is 10.1. The highest BCUT2D eigenvalue weighted by molar-refractivity contribution is 9.10. The molecule has 0 saturated heterocycles. The molecule has 0 N–H and O–H groups in total. The van der Waals surface area contributed by atoms with Crippen molar-refractivity contribution in [2.75, 3.05) is 11.9 Å². The molecule has 0 amide bonds. The first-order valence-electron chi connectivity index (χ1n) is 5.81. The lowest BCUT2D eigenvalue weighted by Gasteiger charge is -2.21. The lowest BCUT2D eigenvalue weighted by molar-refractivity contribution is 0.112. The Labute approximate surface area is 120 Å². The third-order valence-electron chi connectivity index (χ3n) is 2.89. The van der Waals surface area contributed by atoms with Crippen LogP contribution in [0.3, 0.4) is 0 Å². The highest BCUT2D eigenvalue weighted by Crippen LogP contribution is 2.23. The Kier molecular flexibility index (Phi) is 4.32. The summed E-state index contributed by atoms with van der Waals surface area (Å²) in [6.07, 6.45) is 0.676. The molecule has 0 spiro atoms. The Morgan fingerprint density at radius 3 is 2.68 bits per heavy atom. The minimum atomic E-state index is -0.403. The van der Waals surface area contributed by atoms with E-state index in [1.54, 1.807) is 6.07 Å². The van der Waals surface area contributed by atoms with Gasteiger partial charge in [-0.2, -0.15) is 0 Å². The fourth-order valence-electron chi connectivity index (χ4n) is 1.93. The summed E-state index contributed by atoms with van der Waals surface area (Å²) >= 11 is 3.49. The van der Waals surface area contributed by atoms with Gasteiger partial charge in [-0.25, -0.2) is 4.39 Å². The Hall–Kier alpha value is -1.68. The van der Waals surface area contributed by atoms with Gasteiger partial charge >= 0.3 is 0 Å². The van der Waals surface area contributed by atoms with Crippen molar-refractivity contribution in [3.63, 3.8) is 0 Å². The minimum Gasteiger partial charge on any atom is -0.370 e. The van der Waals surface area contributed by atoms with Crippen LogP contribution in [0.2, 0.25) is 0 Å². The van der Waals surface area contributed by atoms with Crippen molar-refractivity contribution >= 4 is 27.9 Å². The maximum Gasteiger partial charge on any atom is 0.152 e. The van der Waals surface area contributed by atoms with Crippen molar-refractivity contribution in [1.29, 1.82) is 0 Å². The normalized spacial score (nSPS) is 10.3. The fraction of sp³-hybridized carbons (Fsp3) is 0.133. The quantitative estimate of drug-likeness (QED) is 0.792. The molecule has 98 valence electrons. The Morgan fingerprint density at radius 2 is 2.00 bits per heavy atom. The maximum atomic E-state index is 13.1. The summed E-state index contributed by atoms with van der Waals surface area (Å²) in [5, 5.41) is 0.